The fourth-order valence-electron chi connectivity index (χ4n) is 1.51. The van der Waals surface area contributed by atoms with Crippen molar-refractivity contribution in [2.24, 2.45) is 0 Å². The van der Waals surface area contributed by atoms with Crippen LogP contribution in [0.2, 0.25) is 0 Å². The Kier molecular flexibility index (Phi) is 4.37. The zero-order chi connectivity index (χ0) is 14.5. The van der Waals surface area contributed by atoms with Gasteiger partial charge in [0.05, 0.1) is 5.69 Å². The first-order valence-corrected chi connectivity index (χ1v) is 6.09. The number of benzene rings is 2. The van der Waals surface area contributed by atoms with Crippen molar-refractivity contribution in [1.29, 1.82) is 0 Å². The van der Waals surface area contributed by atoms with E-state index >= 15 is 0 Å². The van der Waals surface area contributed by atoms with Gasteiger partial charge < -0.3 is 5.32 Å². The lowest BCUT2D eigenvalue weighted by molar-refractivity contribution is 0.0977. The Balaban J connectivity index is 2.03. The molecule has 2 aromatic rings. The number of hydrogen-bond donors (Lipinski definition) is 2. The summed E-state index contributed by atoms with van der Waals surface area (Å²) in [5.74, 6) is -1.70. The van der Waals surface area contributed by atoms with E-state index in [2.05, 4.69) is 10.6 Å². The van der Waals surface area contributed by atoms with Crippen LogP contribution >= 0.6 is 12.2 Å². The van der Waals surface area contributed by atoms with Crippen LogP contribution in [-0.2, 0) is 0 Å². The van der Waals surface area contributed by atoms with E-state index < -0.39 is 17.5 Å². The maximum atomic E-state index is 13.4. The van der Waals surface area contributed by atoms with Gasteiger partial charge in [-0.25, -0.2) is 8.78 Å². The molecule has 2 rings (SSSR count). The minimum atomic E-state index is -0.664. The molecule has 6 heteroatoms. The highest BCUT2D eigenvalue weighted by molar-refractivity contribution is 7.80. The van der Waals surface area contributed by atoms with E-state index in [4.69, 9.17) is 12.2 Å². The molecule has 0 bridgehead atoms. The number of amides is 1. The molecule has 0 fully saturated rings. The Hall–Kier alpha value is -2.34. The summed E-state index contributed by atoms with van der Waals surface area (Å²) >= 11 is 4.88. The van der Waals surface area contributed by atoms with Gasteiger partial charge in [0.2, 0.25) is 0 Å². The zero-order valence-electron chi connectivity index (χ0n) is 10.2. The maximum absolute atomic E-state index is 13.4. The molecule has 0 atom stereocenters. The average molecular weight is 292 g/mol. The first-order valence-electron chi connectivity index (χ1n) is 5.68. The number of rotatable bonds is 2. The highest BCUT2D eigenvalue weighted by Crippen LogP contribution is 2.15. The van der Waals surface area contributed by atoms with Crippen molar-refractivity contribution in [2.45, 2.75) is 0 Å². The first kappa shape index (κ1) is 14.1. The monoisotopic (exact) mass is 292 g/mol. The van der Waals surface area contributed by atoms with Crippen molar-refractivity contribution in [3.05, 3.63) is 65.7 Å². The van der Waals surface area contributed by atoms with Crippen molar-refractivity contribution in [3.63, 3.8) is 0 Å². The summed E-state index contributed by atoms with van der Waals surface area (Å²) in [5.41, 5.74) is 0.278. The van der Waals surface area contributed by atoms with Gasteiger partial charge >= 0.3 is 0 Å². The molecule has 0 spiro atoms. The van der Waals surface area contributed by atoms with E-state index in [1.54, 1.807) is 30.3 Å². The Labute approximate surface area is 119 Å². The lowest BCUT2D eigenvalue weighted by Crippen LogP contribution is -2.34. The Morgan fingerprint density at radius 1 is 1.05 bits per heavy atom. The lowest BCUT2D eigenvalue weighted by Gasteiger charge is -2.10. The van der Waals surface area contributed by atoms with Crippen molar-refractivity contribution in [3.8, 4) is 0 Å². The largest absolute Gasteiger partial charge is 0.330 e. The summed E-state index contributed by atoms with van der Waals surface area (Å²) in [7, 11) is 0. The molecule has 0 aliphatic rings. The van der Waals surface area contributed by atoms with E-state index in [0.717, 1.165) is 18.2 Å². The highest BCUT2D eigenvalue weighted by Gasteiger charge is 2.09. The molecule has 0 aliphatic heterocycles. The zero-order valence-corrected chi connectivity index (χ0v) is 11.0. The fraction of sp³-hybridized carbons (Fsp3) is 0. The van der Waals surface area contributed by atoms with Crippen molar-refractivity contribution in [1.82, 2.24) is 5.32 Å². The molecule has 2 N–H and O–H groups in total. The van der Waals surface area contributed by atoms with E-state index in [0.29, 0.717) is 5.56 Å². The molecule has 0 aliphatic carbocycles. The summed E-state index contributed by atoms with van der Waals surface area (Å²) in [6.07, 6.45) is 0. The molecule has 2 aromatic carbocycles. The van der Waals surface area contributed by atoms with Crippen LogP contribution in [-0.4, -0.2) is 11.0 Å². The van der Waals surface area contributed by atoms with E-state index in [1.165, 1.54) is 0 Å². The third-order valence-corrected chi connectivity index (χ3v) is 2.64. The molecule has 1 amide bonds. The van der Waals surface area contributed by atoms with Gasteiger partial charge in [0.1, 0.15) is 11.6 Å². The summed E-state index contributed by atoms with van der Waals surface area (Å²) in [6.45, 7) is 0. The van der Waals surface area contributed by atoms with Crippen molar-refractivity contribution in [2.75, 3.05) is 5.32 Å². The Morgan fingerprint density at radius 3 is 2.45 bits per heavy atom. The molecule has 0 aromatic heterocycles. The second kappa shape index (κ2) is 6.21. The van der Waals surface area contributed by atoms with Crippen LogP contribution in [0.25, 0.3) is 0 Å². The third-order valence-electron chi connectivity index (χ3n) is 2.44. The van der Waals surface area contributed by atoms with Crippen LogP contribution in [0.15, 0.2) is 48.5 Å². The predicted molar refractivity (Wildman–Crippen MR) is 76.5 cm³/mol. The van der Waals surface area contributed by atoms with Gasteiger partial charge in [-0.2, -0.15) is 0 Å². The van der Waals surface area contributed by atoms with Crippen LogP contribution in [0.3, 0.4) is 0 Å². The minimum Gasteiger partial charge on any atom is -0.330 e. The van der Waals surface area contributed by atoms with Gasteiger partial charge in [-0.3, -0.25) is 10.1 Å². The highest BCUT2D eigenvalue weighted by atomic mass is 32.1. The van der Waals surface area contributed by atoms with Crippen LogP contribution in [0.4, 0.5) is 14.5 Å². The minimum absolute atomic E-state index is 0.108. The molecule has 0 saturated heterocycles. The topological polar surface area (TPSA) is 41.1 Å². The van der Waals surface area contributed by atoms with Crippen molar-refractivity contribution >= 4 is 28.9 Å². The Bertz CT molecular complexity index is 647. The van der Waals surface area contributed by atoms with Gasteiger partial charge in [0.25, 0.3) is 5.91 Å². The second-order valence-electron chi connectivity index (χ2n) is 3.90. The van der Waals surface area contributed by atoms with Crippen LogP contribution in [0, 0.1) is 11.6 Å². The number of thiocarbonyl (C=S) groups is 1. The Morgan fingerprint density at radius 2 is 1.75 bits per heavy atom. The summed E-state index contributed by atoms with van der Waals surface area (Å²) in [4.78, 5) is 11.8. The summed E-state index contributed by atoms with van der Waals surface area (Å²) in [6, 6.07) is 11.3. The van der Waals surface area contributed by atoms with E-state index in [1.807, 2.05) is 0 Å². The molecular formula is C14H10F2N2OS. The number of halogens is 2. The predicted octanol–water partition coefficient (Wildman–Crippen LogP) is 3.09. The molecule has 0 heterocycles. The molecule has 0 unspecified atom stereocenters. The normalized spacial score (nSPS) is 9.90. The SMILES string of the molecule is O=C(NC(=S)Nc1cc(F)ccc1F)c1ccccc1. The van der Waals surface area contributed by atoms with Crippen LogP contribution in [0.5, 0.6) is 0 Å². The van der Waals surface area contributed by atoms with Gasteiger partial charge in [0, 0.05) is 11.6 Å². The van der Waals surface area contributed by atoms with Gasteiger partial charge in [-0.15, -0.1) is 0 Å². The number of anilines is 1. The number of carbonyl (C=O) groups excluding carboxylic acids is 1. The molecule has 20 heavy (non-hydrogen) atoms. The van der Waals surface area contributed by atoms with Gasteiger partial charge in [0.15, 0.2) is 5.11 Å². The summed E-state index contributed by atoms with van der Waals surface area (Å²) in [5, 5.41) is 4.71. The number of carbonyl (C=O) groups is 1. The lowest BCUT2D eigenvalue weighted by atomic mass is 10.2. The first-order chi connectivity index (χ1) is 9.56. The smallest absolute Gasteiger partial charge is 0.257 e. The third kappa shape index (κ3) is 3.58. The van der Waals surface area contributed by atoms with E-state index in [9.17, 15) is 13.6 Å². The molecule has 0 radical (unpaired) electrons. The van der Waals surface area contributed by atoms with Gasteiger partial charge in [-0.05, 0) is 36.5 Å². The molecular weight excluding hydrogens is 282 g/mol. The molecule has 3 nitrogen and oxygen atoms in total. The molecule has 0 saturated carbocycles. The molecule has 102 valence electrons. The van der Waals surface area contributed by atoms with Crippen LogP contribution in [0.1, 0.15) is 10.4 Å². The fourth-order valence-corrected chi connectivity index (χ4v) is 1.71. The number of hydrogen-bond acceptors (Lipinski definition) is 2. The maximum Gasteiger partial charge on any atom is 0.257 e. The summed E-state index contributed by atoms with van der Waals surface area (Å²) < 4.78 is 26.4. The van der Waals surface area contributed by atoms with E-state index in [-0.39, 0.29) is 10.8 Å². The second-order valence-corrected chi connectivity index (χ2v) is 4.31. The standard InChI is InChI=1S/C14H10F2N2OS/c15-10-6-7-11(16)12(8-10)17-14(20)18-13(19)9-4-2-1-3-5-9/h1-8H,(H2,17,18,19,20). The average Bonchev–Trinajstić information content (AvgIpc) is 2.43. The quantitative estimate of drug-likeness (QED) is 0.836. The van der Waals surface area contributed by atoms with Crippen LogP contribution < -0.4 is 10.6 Å². The van der Waals surface area contributed by atoms with Crippen molar-refractivity contribution < 1.29 is 13.6 Å². The van der Waals surface area contributed by atoms with Gasteiger partial charge in [-0.1, -0.05) is 18.2 Å². The number of nitrogens with one attached hydrogen (secondary N) is 2.